The molecule has 4 heteroatoms. The van der Waals surface area contributed by atoms with Gasteiger partial charge in [0.15, 0.2) is 14.0 Å². The van der Waals surface area contributed by atoms with E-state index in [0.717, 1.165) is 0 Å². The van der Waals surface area contributed by atoms with E-state index in [9.17, 15) is 13.2 Å². The Kier molecular flexibility index (Phi) is 3.08. The van der Waals surface area contributed by atoms with Crippen LogP contribution in [0.25, 0.3) is 0 Å². The molecule has 0 radical (unpaired) electrons. The van der Waals surface area contributed by atoms with Crippen molar-refractivity contribution in [3.8, 4) is 0 Å². The molecule has 0 aromatic rings. The Morgan fingerprint density at radius 3 is 2.11 bits per heavy atom. The number of hydrogen-bond acceptors (Lipinski definition) is 0. The van der Waals surface area contributed by atoms with Crippen molar-refractivity contribution >= 4 is 7.85 Å². The molecular formula is C5H10BF3. The molecule has 9 heavy (non-hydrogen) atoms. The molecule has 0 amide bonds. The first-order valence-corrected chi connectivity index (χ1v) is 3.00. The zero-order chi connectivity index (χ0) is 7.49. The summed E-state index contributed by atoms with van der Waals surface area (Å²) in [7, 11) is 0.604. The lowest BCUT2D eigenvalue weighted by Gasteiger charge is -2.14. The quantitative estimate of drug-likeness (QED) is 0.516. The average Bonchev–Trinajstić information content (AvgIpc) is 1.64. The van der Waals surface area contributed by atoms with Gasteiger partial charge in [-0.1, -0.05) is 13.3 Å². The second kappa shape index (κ2) is 3.13. The fourth-order valence-corrected chi connectivity index (χ4v) is 0.507. The summed E-state index contributed by atoms with van der Waals surface area (Å²) in [6, 6.07) is 0. The van der Waals surface area contributed by atoms with Gasteiger partial charge >= 0.3 is 0 Å². The molecule has 0 N–H and O–H groups in total. The van der Waals surface area contributed by atoms with Crippen LogP contribution in [0, 0.1) is 0 Å². The Labute approximate surface area is 53.8 Å². The normalized spacial score (nSPS) is 15.6. The smallest absolute Gasteiger partial charge is 0.236 e. The van der Waals surface area contributed by atoms with Crippen molar-refractivity contribution in [1.82, 2.24) is 0 Å². The predicted molar refractivity (Wildman–Crippen MR) is 33.3 cm³/mol. The number of rotatable bonds is 3. The van der Waals surface area contributed by atoms with Crippen LogP contribution in [0.3, 0.4) is 0 Å². The summed E-state index contributed by atoms with van der Waals surface area (Å²) in [6.45, 7) is 1.68. The van der Waals surface area contributed by atoms with Crippen molar-refractivity contribution in [2.24, 2.45) is 0 Å². The molecule has 0 fully saturated rings. The van der Waals surface area contributed by atoms with Gasteiger partial charge in [0.05, 0.1) is 0 Å². The Hall–Kier alpha value is -0.145. The van der Waals surface area contributed by atoms with E-state index in [0.29, 0.717) is 14.3 Å². The van der Waals surface area contributed by atoms with E-state index in [1.807, 2.05) is 0 Å². The molecule has 0 spiro atoms. The standard InChI is InChI=1S/C5H10BF3/c1-2-3-4(7)5(6,8)9/h4H,2-3,6H2,1H3. The Morgan fingerprint density at radius 1 is 1.56 bits per heavy atom. The first-order valence-electron chi connectivity index (χ1n) is 3.00. The number of alkyl halides is 3. The maximum atomic E-state index is 12.2. The molecule has 54 valence electrons. The molecule has 0 nitrogen and oxygen atoms in total. The van der Waals surface area contributed by atoms with Crippen molar-refractivity contribution in [3.63, 3.8) is 0 Å². The van der Waals surface area contributed by atoms with Crippen LogP contribution >= 0.6 is 0 Å². The topological polar surface area (TPSA) is 0 Å². The average molecular weight is 138 g/mol. The minimum absolute atomic E-state index is 0.0521. The lowest BCUT2D eigenvalue weighted by molar-refractivity contribution is 0.00187. The summed E-state index contributed by atoms with van der Waals surface area (Å²) in [5, 5.41) is 0. The van der Waals surface area contributed by atoms with E-state index in [4.69, 9.17) is 0 Å². The van der Waals surface area contributed by atoms with Gasteiger partial charge in [-0.05, 0) is 6.42 Å². The Morgan fingerprint density at radius 2 is 2.00 bits per heavy atom. The van der Waals surface area contributed by atoms with Gasteiger partial charge in [0, 0.05) is 0 Å². The molecule has 0 aliphatic heterocycles. The van der Waals surface area contributed by atoms with Gasteiger partial charge in [-0.2, -0.15) is 0 Å². The highest BCUT2D eigenvalue weighted by Crippen LogP contribution is 2.20. The van der Waals surface area contributed by atoms with Crippen LogP contribution in [0.5, 0.6) is 0 Å². The fourth-order valence-electron chi connectivity index (χ4n) is 0.507. The molecule has 0 heterocycles. The number of halogens is 3. The van der Waals surface area contributed by atoms with Crippen LogP contribution in [0.2, 0.25) is 0 Å². The van der Waals surface area contributed by atoms with Crippen molar-refractivity contribution in [3.05, 3.63) is 0 Å². The zero-order valence-corrected chi connectivity index (χ0v) is 5.63. The molecule has 0 saturated carbocycles. The third-order valence-corrected chi connectivity index (χ3v) is 1.09. The molecule has 0 saturated heterocycles. The largest absolute Gasteiger partial charge is 0.242 e. The van der Waals surface area contributed by atoms with Crippen molar-refractivity contribution in [2.45, 2.75) is 31.8 Å². The lowest BCUT2D eigenvalue weighted by atomic mass is 9.92. The monoisotopic (exact) mass is 138 g/mol. The molecule has 0 bridgehead atoms. The maximum absolute atomic E-state index is 12.2. The minimum atomic E-state index is -3.16. The third-order valence-electron chi connectivity index (χ3n) is 1.09. The van der Waals surface area contributed by atoms with Crippen LogP contribution in [0.1, 0.15) is 19.8 Å². The first kappa shape index (κ1) is 8.85. The van der Waals surface area contributed by atoms with Crippen LogP contribution < -0.4 is 0 Å². The van der Waals surface area contributed by atoms with Gasteiger partial charge < -0.3 is 0 Å². The van der Waals surface area contributed by atoms with Gasteiger partial charge in [-0.25, -0.2) is 13.2 Å². The van der Waals surface area contributed by atoms with Crippen LogP contribution in [0.15, 0.2) is 0 Å². The van der Waals surface area contributed by atoms with Crippen molar-refractivity contribution in [1.29, 1.82) is 0 Å². The van der Waals surface area contributed by atoms with E-state index in [1.165, 1.54) is 0 Å². The molecule has 1 unspecified atom stereocenters. The van der Waals surface area contributed by atoms with Gasteiger partial charge in [0.2, 0.25) is 5.82 Å². The fraction of sp³-hybridized carbons (Fsp3) is 1.00. The number of hydrogen-bond donors (Lipinski definition) is 0. The SMILES string of the molecule is BC(F)(F)C(F)CCC. The first-order chi connectivity index (χ1) is 3.98. The predicted octanol–water partition coefficient (Wildman–Crippen LogP) is 1.35. The van der Waals surface area contributed by atoms with Crippen LogP contribution in [0.4, 0.5) is 13.2 Å². The highest BCUT2D eigenvalue weighted by molar-refractivity contribution is 6.13. The van der Waals surface area contributed by atoms with Crippen LogP contribution in [-0.4, -0.2) is 19.8 Å². The van der Waals surface area contributed by atoms with E-state index in [1.54, 1.807) is 6.92 Å². The van der Waals surface area contributed by atoms with Gasteiger partial charge in [-0.15, -0.1) is 0 Å². The molecule has 1 atom stereocenters. The molecule has 0 rings (SSSR count). The Balaban J connectivity index is 3.59. The van der Waals surface area contributed by atoms with Crippen molar-refractivity contribution < 1.29 is 13.2 Å². The zero-order valence-electron chi connectivity index (χ0n) is 5.63. The van der Waals surface area contributed by atoms with E-state index in [2.05, 4.69) is 0 Å². The molecule has 0 aliphatic rings. The maximum Gasteiger partial charge on any atom is 0.236 e. The van der Waals surface area contributed by atoms with E-state index < -0.39 is 12.0 Å². The second-order valence-electron chi connectivity index (χ2n) is 2.21. The van der Waals surface area contributed by atoms with Crippen LogP contribution in [-0.2, 0) is 0 Å². The molecule has 0 aliphatic carbocycles. The second-order valence-corrected chi connectivity index (χ2v) is 2.21. The summed E-state index contributed by atoms with van der Waals surface area (Å²) in [6.07, 6.45) is -1.56. The highest BCUT2D eigenvalue weighted by atomic mass is 19.3. The highest BCUT2D eigenvalue weighted by Gasteiger charge is 2.32. The van der Waals surface area contributed by atoms with Gasteiger partial charge in [0.25, 0.3) is 0 Å². The Bertz CT molecular complexity index is 78.8. The van der Waals surface area contributed by atoms with Gasteiger partial charge in [0.1, 0.15) is 0 Å². The van der Waals surface area contributed by atoms with E-state index >= 15 is 0 Å². The third kappa shape index (κ3) is 3.43. The summed E-state index contributed by atoms with van der Waals surface area (Å²) in [5.74, 6) is -3.16. The van der Waals surface area contributed by atoms with E-state index in [-0.39, 0.29) is 6.42 Å². The molecule has 0 aromatic heterocycles. The molecule has 0 aromatic carbocycles. The summed E-state index contributed by atoms with van der Waals surface area (Å²) >= 11 is 0. The lowest BCUT2D eigenvalue weighted by Crippen LogP contribution is -2.29. The van der Waals surface area contributed by atoms with Crippen molar-refractivity contribution in [2.75, 3.05) is 0 Å². The summed E-state index contributed by atoms with van der Waals surface area (Å²) in [5.41, 5.74) is 0. The summed E-state index contributed by atoms with van der Waals surface area (Å²) in [4.78, 5) is 0. The van der Waals surface area contributed by atoms with Gasteiger partial charge in [-0.3, -0.25) is 0 Å². The minimum Gasteiger partial charge on any atom is -0.242 e. The summed E-state index contributed by atoms with van der Waals surface area (Å²) < 4.78 is 36.0. The molecular weight excluding hydrogens is 128 g/mol.